The van der Waals surface area contributed by atoms with Crippen molar-refractivity contribution in [1.29, 1.82) is 5.26 Å². The zero-order chi connectivity index (χ0) is 15.9. The van der Waals surface area contributed by atoms with Gasteiger partial charge in [0.1, 0.15) is 17.5 Å². The fourth-order valence-corrected chi connectivity index (χ4v) is 2.06. The third-order valence-electron chi connectivity index (χ3n) is 2.87. The number of ketones is 1. The van der Waals surface area contributed by atoms with E-state index in [9.17, 15) is 9.18 Å². The van der Waals surface area contributed by atoms with Crippen LogP contribution in [0.4, 0.5) is 4.39 Å². The molecule has 0 saturated carbocycles. The molecule has 2 rings (SSSR count). The largest absolute Gasteiger partial charge is 0.288 e. The molecule has 2 aromatic carbocycles. The van der Waals surface area contributed by atoms with Crippen molar-refractivity contribution in [2.75, 3.05) is 0 Å². The van der Waals surface area contributed by atoms with Crippen molar-refractivity contribution in [3.05, 3.63) is 88.2 Å². The second-order valence-corrected chi connectivity index (χ2v) is 4.86. The lowest BCUT2D eigenvalue weighted by Gasteiger charge is -2.01. The van der Waals surface area contributed by atoms with Crippen LogP contribution in [0.1, 0.15) is 15.9 Å². The molecule has 2 nitrogen and oxygen atoms in total. The third-order valence-corrected chi connectivity index (χ3v) is 3.09. The van der Waals surface area contributed by atoms with E-state index in [1.54, 1.807) is 12.1 Å². The fourth-order valence-electron chi connectivity index (χ4n) is 1.83. The highest BCUT2D eigenvalue weighted by molar-refractivity contribution is 6.33. The zero-order valence-electron chi connectivity index (χ0n) is 11.5. The number of Topliss-reactive ketones (excluding diaryl/α,β-unsaturated/α-hetero) is 1. The smallest absolute Gasteiger partial charge is 0.206 e. The lowest BCUT2D eigenvalue weighted by Crippen LogP contribution is -2.04. The molecular formula is C18H11ClFNO. The third kappa shape index (κ3) is 3.91. The van der Waals surface area contributed by atoms with Gasteiger partial charge in [0.2, 0.25) is 5.78 Å². The van der Waals surface area contributed by atoms with Crippen molar-refractivity contribution in [2.45, 2.75) is 0 Å². The van der Waals surface area contributed by atoms with Gasteiger partial charge in [-0.2, -0.15) is 5.26 Å². The lowest BCUT2D eigenvalue weighted by molar-refractivity contribution is 0.103. The Labute approximate surface area is 132 Å². The molecule has 0 spiro atoms. The highest BCUT2D eigenvalue weighted by Crippen LogP contribution is 2.17. The summed E-state index contributed by atoms with van der Waals surface area (Å²) in [6, 6.07) is 16.5. The average Bonchev–Trinajstić information content (AvgIpc) is 2.53. The quantitative estimate of drug-likeness (QED) is 0.354. The van der Waals surface area contributed by atoms with Crippen LogP contribution in [0.5, 0.6) is 0 Å². The van der Waals surface area contributed by atoms with Crippen LogP contribution in [0.15, 0.2) is 71.3 Å². The number of allylic oxidation sites excluding steroid dienone is 3. The molecule has 0 unspecified atom stereocenters. The van der Waals surface area contributed by atoms with E-state index >= 15 is 0 Å². The summed E-state index contributed by atoms with van der Waals surface area (Å²) < 4.78 is 13.6. The Hall–Kier alpha value is -2.70. The first-order chi connectivity index (χ1) is 10.6. The topological polar surface area (TPSA) is 40.9 Å². The molecule has 0 aliphatic rings. The molecule has 0 N–H and O–H groups in total. The molecule has 0 saturated heterocycles. The minimum absolute atomic E-state index is 0.153. The van der Waals surface area contributed by atoms with Crippen LogP contribution in [0, 0.1) is 17.1 Å². The second kappa shape index (κ2) is 7.35. The average molecular weight is 312 g/mol. The molecule has 0 heterocycles. The van der Waals surface area contributed by atoms with Crippen molar-refractivity contribution in [1.82, 2.24) is 0 Å². The summed E-state index contributed by atoms with van der Waals surface area (Å²) in [6.45, 7) is 0. The standard InChI is InChI=1S/C18H11ClFNO/c19-15(10-13-6-2-1-3-7-13)11-14(12-21)18(22)16-8-4-5-9-17(16)20/h1-11H/b14-11+,15-10-. The number of hydrogen-bond acceptors (Lipinski definition) is 2. The maximum Gasteiger partial charge on any atom is 0.206 e. The van der Waals surface area contributed by atoms with Crippen LogP contribution in [0.25, 0.3) is 6.08 Å². The molecule has 0 aliphatic carbocycles. The summed E-state index contributed by atoms with van der Waals surface area (Å²) in [5.74, 6) is -1.36. The van der Waals surface area contributed by atoms with E-state index in [-0.39, 0.29) is 16.2 Å². The fraction of sp³-hybridized carbons (Fsp3) is 0. The Bertz CT molecular complexity index is 788. The maximum atomic E-state index is 13.6. The van der Waals surface area contributed by atoms with Crippen LogP contribution in [0.2, 0.25) is 0 Å². The number of hydrogen-bond donors (Lipinski definition) is 0. The highest BCUT2D eigenvalue weighted by atomic mass is 35.5. The van der Waals surface area contributed by atoms with Crippen molar-refractivity contribution in [2.24, 2.45) is 0 Å². The molecule has 0 atom stereocenters. The lowest BCUT2D eigenvalue weighted by atomic mass is 10.0. The Kier molecular flexibility index (Phi) is 5.24. The molecule has 0 bridgehead atoms. The number of rotatable bonds is 4. The van der Waals surface area contributed by atoms with E-state index in [2.05, 4.69) is 0 Å². The van der Waals surface area contributed by atoms with Crippen LogP contribution in [-0.2, 0) is 0 Å². The summed E-state index contributed by atoms with van der Waals surface area (Å²) in [6.07, 6.45) is 2.86. The van der Waals surface area contributed by atoms with E-state index in [0.29, 0.717) is 0 Å². The second-order valence-electron chi connectivity index (χ2n) is 4.42. The summed E-state index contributed by atoms with van der Waals surface area (Å²) >= 11 is 6.05. The van der Waals surface area contributed by atoms with Gasteiger partial charge in [-0.3, -0.25) is 4.79 Å². The summed E-state index contributed by atoms with van der Waals surface area (Å²) in [4.78, 5) is 12.2. The number of nitrogens with zero attached hydrogens (tertiary/aromatic N) is 1. The van der Waals surface area contributed by atoms with Crippen molar-refractivity contribution in [3.63, 3.8) is 0 Å². The predicted molar refractivity (Wildman–Crippen MR) is 84.7 cm³/mol. The number of carbonyl (C=O) groups is 1. The van der Waals surface area contributed by atoms with Gasteiger partial charge < -0.3 is 0 Å². The minimum Gasteiger partial charge on any atom is -0.288 e. The summed E-state index contributed by atoms with van der Waals surface area (Å²) in [5, 5.41) is 9.33. The maximum absolute atomic E-state index is 13.6. The van der Waals surface area contributed by atoms with Gasteiger partial charge in [-0.05, 0) is 29.8 Å². The van der Waals surface area contributed by atoms with E-state index in [1.165, 1.54) is 30.3 Å². The number of nitriles is 1. The van der Waals surface area contributed by atoms with Crippen LogP contribution in [0.3, 0.4) is 0 Å². The van der Waals surface area contributed by atoms with Crippen LogP contribution >= 0.6 is 11.6 Å². The highest BCUT2D eigenvalue weighted by Gasteiger charge is 2.16. The van der Waals surface area contributed by atoms with Gasteiger partial charge >= 0.3 is 0 Å². The molecule has 0 aliphatic heterocycles. The number of carbonyl (C=O) groups excluding carboxylic acids is 1. The predicted octanol–water partition coefficient (Wildman–Crippen LogP) is 4.74. The Morgan fingerprint density at radius 3 is 2.36 bits per heavy atom. The minimum atomic E-state index is -0.694. The summed E-state index contributed by atoms with van der Waals surface area (Å²) in [5.41, 5.74) is 0.459. The van der Waals surface area contributed by atoms with Gasteiger partial charge in [0, 0.05) is 5.03 Å². The molecule has 0 radical (unpaired) electrons. The zero-order valence-corrected chi connectivity index (χ0v) is 12.2. The SMILES string of the molecule is N#C/C(=C\C(Cl)=C\c1ccccc1)C(=O)c1ccccc1F. The molecular weight excluding hydrogens is 301 g/mol. The molecule has 22 heavy (non-hydrogen) atoms. The number of benzene rings is 2. The van der Waals surface area contributed by atoms with Crippen molar-refractivity contribution < 1.29 is 9.18 Å². The van der Waals surface area contributed by atoms with Gasteiger partial charge in [0.15, 0.2) is 0 Å². The van der Waals surface area contributed by atoms with Gasteiger partial charge in [-0.25, -0.2) is 4.39 Å². The molecule has 2 aromatic rings. The Morgan fingerprint density at radius 2 is 1.73 bits per heavy atom. The first kappa shape index (κ1) is 15.7. The monoisotopic (exact) mass is 311 g/mol. The van der Waals surface area contributed by atoms with E-state index < -0.39 is 11.6 Å². The van der Waals surface area contributed by atoms with Gasteiger partial charge in [-0.1, -0.05) is 54.1 Å². The summed E-state index contributed by atoms with van der Waals surface area (Å²) in [7, 11) is 0. The molecule has 0 aromatic heterocycles. The Morgan fingerprint density at radius 1 is 1.09 bits per heavy atom. The molecule has 0 fully saturated rings. The number of halogens is 2. The molecule has 4 heteroatoms. The first-order valence-corrected chi connectivity index (χ1v) is 6.83. The van der Waals surface area contributed by atoms with Crippen LogP contribution < -0.4 is 0 Å². The first-order valence-electron chi connectivity index (χ1n) is 6.45. The Balaban J connectivity index is 2.32. The van der Waals surface area contributed by atoms with E-state index in [1.807, 2.05) is 30.3 Å². The van der Waals surface area contributed by atoms with Crippen molar-refractivity contribution in [3.8, 4) is 6.07 Å². The van der Waals surface area contributed by atoms with Gasteiger partial charge in [-0.15, -0.1) is 0 Å². The molecule has 108 valence electrons. The van der Waals surface area contributed by atoms with Crippen molar-refractivity contribution >= 4 is 23.5 Å². The van der Waals surface area contributed by atoms with E-state index in [4.69, 9.17) is 16.9 Å². The van der Waals surface area contributed by atoms with E-state index in [0.717, 1.165) is 5.56 Å². The van der Waals surface area contributed by atoms with Crippen LogP contribution in [-0.4, -0.2) is 5.78 Å². The van der Waals surface area contributed by atoms with Gasteiger partial charge in [0.05, 0.1) is 5.56 Å². The van der Waals surface area contributed by atoms with Gasteiger partial charge in [0.25, 0.3) is 0 Å². The normalized spacial score (nSPS) is 11.9. The molecule has 0 amide bonds.